The Morgan fingerprint density at radius 3 is 2.54 bits per heavy atom. The molecule has 0 spiro atoms. The zero-order chi connectivity index (χ0) is 26.5. The van der Waals surface area contributed by atoms with Crippen LogP contribution < -0.4 is 19.2 Å². The molecule has 0 fully saturated rings. The molecule has 1 atom stereocenters. The highest BCUT2D eigenvalue weighted by Gasteiger charge is 2.38. The molecule has 11 heteroatoms. The number of rotatable bonds is 5. The Labute approximate surface area is 223 Å². The van der Waals surface area contributed by atoms with E-state index in [-0.39, 0.29) is 33.8 Å². The summed E-state index contributed by atoms with van der Waals surface area (Å²) >= 11 is 7.27. The van der Waals surface area contributed by atoms with Crippen molar-refractivity contribution < 1.29 is 17.9 Å². The molecule has 1 amide bonds. The van der Waals surface area contributed by atoms with Crippen LogP contribution in [-0.4, -0.2) is 31.5 Å². The molecule has 192 valence electrons. The van der Waals surface area contributed by atoms with E-state index < -0.39 is 22.0 Å². The number of halogens is 1. The van der Waals surface area contributed by atoms with E-state index in [1.807, 2.05) is 20.8 Å². The summed E-state index contributed by atoms with van der Waals surface area (Å²) in [6.45, 7) is 5.50. The van der Waals surface area contributed by atoms with Gasteiger partial charge in [0.1, 0.15) is 5.75 Å². The van der Waals surface area contributed by atoms with Crippen molar-refractivity contribution >= 4 is 60.5 Å². The zero-order valence-electron chi connectivity index (χ0n) is 20.3. The summed E-state index contributed by atoms with van der Waals surface area (Å²) < 4.78 is 36.7. The third-order valence-corrected chi connectivity index (χ3v) is 9.04. The Hall–Kier alpha value is -3.34. The molecule has 0 bridgehead atoms. The molecule has 0 radical (unpaired) electrons. The van der Waals surface area contributed by atoms with Crippen LogP contribution in [-0.2, 0) is 14.8 Å². The lowest BCUT2D eigenvalue weighted by molar-refractivity contribution is -0.122. The van der Waals surface area contributed by atoms with Crippen LogP contribution in [0.1, 0.15) is 25.5 Å². The first-order chi connectivity index (χ1) is 17.5. The van der Waals surface area contributed by atoms with Gasteiger partial charge in [-0.2, -0.15) is 0 Å². The standard InChI is InChI=1S/C26H24ClN3O5S2/c1-15(2)30-20-10-7-18(13-24(20)36-26(30)32)28-25(31)23-14-29(21-12-17(27)6-11-22(21)35-23)37(33,34)19-8-4-16(3)5-9-19/h4-13,15,23H,14H2,1-3H3,(H,28,31). The predicted octanol–water partition coefficient (Wildman–Crippen LogP) is 5.20. The third-order valence-electron chi connectivity index (χ3n) is 6.09. The van der Waals surface area contributed by atoms with E-state index in [0.29, 0.717) is 10.7 Å². The number of carbonyl (C=O) groups is 1. The number of thiazole rings is 1. The van der Waals surface area contributed by atoms with E-state index in [2.05, 4.69) is 5.32 Å². The van der Waals surface area contributed by atoms with Crippen molar-refractivity contribution in [2.24, 2.45) is 0 Å². The van der Waals surface area contributed by atoms with Crippen LogP contribution in [0.15, 0.2) is 70.4 Å². The number of hydrogen-bond donors (Lipinski definition) is 1. The molecule has 37 heavy (non-hydrogen) atoms. The molecule has 0 saturated heterocycles. The minimum Gasteiger partial charge on any atom is -0.476 e. The van der Waals surface area contributed by atoms with Gasteiger partial charge < -0.3 is 10.1 Å². The van der Waals surface area contributed by atoms with E-state index in [0.717, 1.165) is 31.4 Å². The maximum Gasteiger partial charge on any atom is 0.308 e. The maximum atomic E-state index is 13.6. The number of hydrogen-bond acceptors (Lipinski definition) is 6. The summed E-state index contributed by atoms with van der Waals surface area (Å²) in [5, 5.41) is 3.15. The molecule has 4 aromatic rings. The quantitative estimate of drug-likeness (QED) is 0.364. The van der Waals surface area contributed by atoms with Crippen LogP contribution >= 0.6 is 22.9 Å². The maximum absolute atomic E-state index is 13.6. The highest BCUT2D eigenvalue weighted by molar-refractivity contribution is 7.92. The Balaban J connectivity index is 1.46. The second-order valence-electron chi connectivity index (χ2n) is 9.07. The summed E-state index contributed by atoms with van der Waals surface area (Å²) in [4.78, 5) is 25.7. The average Bonchev–Trinajstić information content (AvgIpc) is 3.18. The molecular formula is C26H24ClN3O5S2. The fourth-order valence-corrected chi connectivity index (χ4v) is 6.94. The zero-order valence-corrected chi connectivity index (χ0v) is 22.7. The van der Waals surface area contributed by atoms with E-state index in [9.17, 15) is 18.0 Å². The molecule has 5 rings (SSSR count). The lowest BCUT2D eigenvalue weighted by Crippen LogP contribution is -2.48. The smallest absolute Gasteiger partial charge is 0.308 e. The van der Waals surface area contributed by atoms with Crippen molar-refractivity contribution in [2.45, 2.75) is 37.8 Å². The first kappa shape index (κ1) is 25.3. The molecule has 1 aliphatic rings. The van der Waals surface area contributed by atoms with E-state index in [1.165, 1.54) is 18.2 Å². The highest BCUT2D eigenvalue weighted by atomic mass is 35.5. The van der Waals surface area contributed by atoms with Crippen molar-refractivity contribution in [3.05, 3.63) is 80.9 Å². The highest BCUT2D eigenvalue weighted by Crippen LogP contribution is 2.39. The fraction of sp³-hybridized carbons (Fsp3) is 0.231. The average molecular weight is 558 g/mol. The third kappa shape index (κ3) is 4.72. The molecule has 8 nitrogen and oxygen atoms in total. The van der Waals surface area contributed by atoms with Gasteiger partial charge in [0, 0.05) is 16.8 Å². The first-order valence-electron chi connectivity index (χ1n) is 11.6. The normalized spacial score (nSPS) is 15.5. The van der Waals surface area contributed by atoms with Crippen LogP contribution in [0.3, 0.4) is 0 Å². The lowest BCUT2D eigenvalue weighted by Gasteiger charge is -2.35. The van der Waals surface area contributed by atoms with Gasteiger partial charge in [0.25, 0.3) is 15.9 Å². The van der Waals surface area contributed by atoms with Gasteiger partial charge >= 0.3 is 4.87 Å². The van der Waals surface area contributed by atoms with Gasteiger partial charge in [0.05, 0.1) is 27.3 Å². The van der Waals surface area contributed by atoms with E-state index in [4.69, 9.17) is 16.3 Å². The molecule has 3 aromatic carbocycles. The molecule has 1 aliphatic heterocycles. The van der Waals surface area contributed by atoms with Crippen molar-refractivity contribution in [1.29, 1.82) is 0 Å². The number of aromatic nitrogens is 1. The van der Waals surface area contributed by atoms with E-state index >= 15 is 0 Å². The monoisotopic (exact) mass is 557 g/mol. The number of anilines is 2. The summed E-state index contributed by atoms with van der Waals surface area (Å²) in [7, 11) is -4.01. The van der Waals surface area contributed by atoms with Gasteiger partial charge in [-0.25, -0.2) is 8.42 Å². The number of aryl methyl sites for hydroxylation is 1. The Bertz CT molecular complexity index is 1680. The molecule has 2 heterocycles. The van der Waals surface area contributed by atoms with Gasteiger partial charge in [0.2, 0.25) is 0 Å². The molecule has 0 saturated carbocycles. The molecule has 1 aromatic heterocycles. The number of amides is 1. The summed E-state index contributed by atoms with van der Waals surface area (Å²) in [5.41, 5.74) is 2.46. The van der Waals surface area contributed by atoms with Crippen molar-refractivity contribution in [3.8, 4) is 5.75 Å². The number of ether oxygens (including phenoxy) is 1. The molecule has 0 aliphatic carbocycles. The van der Waals surface area contributed by atoms with Crippen LogP contribution in [0, 0.1) is 6.92 Å². The number of carbonyl (C=O) groups excluding carboxylic acids is 1. The van der Waals surface area contributed by atoms with Crippen molar-refractivity contribution in [1.82, 2.24) is 4.57 Å². The lowest BCUT2D eigenvalue weighted by atomic mass is 10.2. The van der Waals surface area contributed by atoms with Gasteiger partial charge in [-0.05, 0) is 69.3 Å². The topological polar surface area (TPSA) is 97.7 Å². The second kappa shape index (κ2) is 9.51. The van der Waals surface area contributed by atoms with Crippen LogP contribution in [0.25, 0.3) is 10.2 Å². The van der Waals surface area contributed by atoms with Crippen LogP contribution in [0.4, 0.5) is 11.4 Å². The Morgan fingerprint density at radius 2 is 1.84 bits per heavy atom. The van der Waals surface area contributed by atoms with Crippen LogP contribution in [0.2, 0.25) is 5.02 Å². The number of benzene rings is 3. The van der Waals surface area contributed by atoms with Gasteiger partial charge in [0.15, 0.2) is 6.10 Å². The van der Waals surface area contributed by atoms with E-state index in [1.54, 1.807) is 47.0 Å². The van der Waals surface area contributed by atoms with Gasteiger partial charge in [-0.3, -0.25) is 18.5 Å². The van der Waals surface area contributed by atoms with Gasteiger partial charge in [-0.15, -0.1) is 0 Å². The largest absolute Gasteiger partial charge is 0.476 e. The number of nitrogens with zero attached hydrogens (tertiary/aromatic N) is 2. The summed E-state index contributed by atoms with van der Waals surface area (Å²) in [6.07, 6.45) is -1.12. The fourth-order valence-electron chi connectivity index (χ4n) is 4.25. The van der Waals surface area contributed by atoms with Crippen LogP contribution in [0.5, 0.6) is 5.75 Å². The van der Waals surface area contributed by atoms with Crippen molar-refractivity contribution in [2.75, 3.05) is 16.2 Å². The summed E-state index contributed by atoms with van der Waals surface area (Å²) in [6, 6.07) is 16.4. The minimum atomic E-state index is -4.01. The Morgan fingerprint density at radius 1 is 1.11 bits per heavy atom. The first-order valence-corrected chi connectivity index (χ1v) is 14.2. The molecule has 1 unspecified atom stereocenters. The van der Waals surface area contributed by atoms with Gasteiger partial charge in [-0.1, -0.05) is 40.6 Å². The SMILES string of the molecule is Cc1ccc(S(=O)(=O)N2CC(C(=O)Nc3ccc4c(c3)sc(=O)n4C(C)C)Oc3ccc(Cl)cc32)cc1. The number of sulfonamides is 1. The number of nitrogens with one attached hydrogen (secondary N) is 1. The number of fused-ring (bicyclic) bond motifs is 2. The minimum absolute atomic E-state index is 0.00682. The second-order valence-corrected chi connectivity index (χ2v) is 12.4. The Kier molecular flexibility index (Phi) is 6.51. The molecule has 1 N–H and O–H groups in total. The van der Waals surface area contributed by atoms with Crippen molar-refractivity contribution in [3.63, 3.8) is 0 Å². The summed E-state index contributed by atoms with van der Waals surface area (Å²) in [5.74, 6) is -0.283. The predicted molar refractivity (Wildman–Crippen MR) is 147 cm³/mol. The molecular weight excluding hydrogens is 534 g/mol.